The molecule has 1 aromatic rings. The van der Waals surface area contributed by atoms with Gasteiger partial charge in [-0.25, -0.2) is 4.79 Å². The minimum Gasteiger partial charge on any atom is -0.406 e. The number of nitrogens with one attached hydrogen (secondary N) is 2. The maximum Gasteiger partial charge on any atom is 0.573 e. The highest BCUT2D eigenvalue weighted by molar-refractivity contribution is 5.89. The first-order chi connectivity index (χ1) is 9.30. The first-order valence-corrected chi connectivity index (χ1v) is 5.96. The maximum absolute atomic E-state index is 11.9. The monoisotopic (exact) mass is 291 g/mol. The van der Waals surface area contributed by atoms with E-state index in [-0.39, 0.29) is 11.8 Å². The maximum atomic E-state index is 11.9. The summed E-state index contributed by atoms with van der Waals surface area (Å²) >= 11 is 0. The van der Waals surface area contributed by atoms with Crippen LogP contribution in [0.5, 0.6) is 5.75 Å². The van der Waals surface area contributed by atoms with Gasteiger partial charge in [0.05, 0.1) is 0 Å². The van der Waals surface area contributed by atoms with Crippen LogP contribution in [-0.4, -0.2) is 25.0 Å². The van der Waals surface area contributed by atoms with Gasteiger partial charge in [-0.05, 0) is 30.7 Å². The number of carbonyl (C=O) groups is 1. The lowest BCUT2D eigenvalue weighted by Gasteiger charge is -2.12. The summed E-state index contributed by atoms with van der Waals surface area (Å²) in [6.45, 7) is 2.21. The molecule has 4 N–H and O–H groups in total. The largest absolute Gasteiger partial charge is 0.573 e. The van der Waals surface area contributed by atoms with E-state index in [0.29, 0.717) is 12.2 Å². The Balaban J connectivity index is 2.47. The summed E-state index contributed by atoms with van der Waals surface area (Å²) < 4.78 is 39.6. The number of hydrogen-bond donors (Lipinski definition) is 3. The smallest absolute Gasteiger partial charge is 0.406 e. The van der Waals surface area contributed by atoms with Crippen LogP contribution in [0.3, 0.4) is 0 Å². The third-order valence-corrected chi connectivity index (χ3v) is 2.39. The van der Waals surface area contributed by atoms with Gasteiger partial charge in [0.15, 0.2) is 0 Å². The van der Waals surface area contributed by atoms with E-state index in [0.717, 1.165) is 18.6 Å². The highest BCUT2D eigenvalue weighted by Crippen LogP contribution is 2.23. The summed E-state index contributed by atoms with van der Waals surface area (Å²) in [4.78, 5) is 11.5. The molecule has 1 atom stereocenters. The fourth-order valence-electron chi connectivity index (χ4n) is 1.28. The molecule has 0 saturated heterocycles. The molecule has 8 heteroatoms. The Kier molecular flexibility index (Phi) is 5.63. The van der Waals surface area contributed by atoms with Crippen molar-refractivity contribution in [1.82, 2.24) is 5.32 Å². The van der Waals surface area contributed by atoms with Crippen LogP contribution in [0.1, 0.15) is 13.3 Å². The second-order valence-electron chi connectivity index (χ2n) is 4.08. The zero-order chi connectivity index (χ0) is 15.2. The first-order valence-electron chi connectivity index (χ1n) is 5.96. The van der Waals surface area contributed by atoms with E-state index in [4.69, 9.17) is 5.73 Å². The third-order valence-electron chi connectivity index (χ3n) is 2.39. The van der Waals surface area contributed by atoms with Gasteiger partial charge >= 0.3 is 12.4 Å². The molecule has 0 saturated carbocycles. The molecule has 5 nitrogen and oxygen atoms in total. The van der Waals surface area contributed by atoms with E-state index >= 15 is 0 Å². The first kappa shape index (κ1) is 16.1. The number of halogens is 3. The number of alkyl halides is 3. The van der Waals surface area contributed by atoms with Crippen molar-refractivity contribution in [1.29, 1.82) is 0 Å². The van der Waals surface area contributed by atoms with Gasteiger partial charge in [-0.1, -0.05) is 6.92 Å². The average Bonchev–Trinajstić information content (AvgIpc) is 2.36. The average molecular weight is 291 g/mol. The molecule has 2 amide bonds. The highest BCUT2D eigenvalue weighted by atomic mass is 19.4. The van der Waals surface area contributed by atoms with Crippen molar-refractivity contribution >= 4 is 11.7 Å². The quantitative estimate of drug-likeness (QED) is 0.780. The summed E-state index contributed by atoms with van der Waals surface area (Å²) in [6, 6.07) is 4.23. The van der Waals surface area contributed by atoms with Crippen molar-refractivity contribution in [3.63, 3.8) is 0 Å². The van der Waals surface area contributed by atoms with Gasteiger partial charge in [-0.3, -0.25) is 0 Å². The molecule has 1 rings (SSSR count). The SMILES string of the molecule is CCC(N)CNC(=O)Nc1ccc(OC(F)(F)F)cc1. The molecule has 0 aliphatic carbocycles. The lowest BCUT2D eigenvalue weighted by Crippen LogP contribution is -2.38. The minimum absolute atomic E-state index is 0.136. The van der Waals surface area contributed by atoms with Gasteiger partial charge in [-0.2, -0.15) is 0 Å². The van der Waals surface area contributed by atoms with E-state index in [1.54, 1.807) is 0 Å². The molecule has 0 heterocycles. The minimum atomic E-state index is -4.73. The Bertz CT molecular complexity index is 435. The normalized spacial score (nSPS) is 12.7. The van der Waals surface area contributed by atoms with E-state index in [1.165, 1.54) is 12.1 Å². The number of rotatable bonds is 5. The van der Waals surface area contributed by atoms with Crippen LogP contribution >= 0.6 is 0 Å². The van der Waals surface area contributed by atoms with Crippen molar-refractivity contribution in [3.8, 4) is 5.75 Å². The summed E-state index contributed by atoms with van der Waals surface area (Å²) in [5.74, 6) is -0.350. The van der Waals surface area contributed by atoms with E-state index in [1.807, 2.05) is 6.92 Å². The van der Waals surface area contributed by atoms with E-state index < -0.39 is 12.4 Å². The molecule has 0 fully saturated rings. The Morgan fingerprint density at radius 3 is 2.45 bits per heavy atom. The summed E-state index contributed by atoms with van der Waals surface area (Å²) in [6.07, 6.45) is -4.01. The predicted octanol–water partition coefficient (Wildman–Crippen LogP) is 2.44. The Morgan fingerprint density at radius 2 is 1.95 bits per heavy atom. The summed E-state index contributed by atoms with van der Waals surface area (Å²) in [5.41, 5.74) is 5.98. The molecule has 1 aromatic carbocycles. The molecule has 1 unspecified atom stereocenters. The standard InChI is InChI=1S/C12H16F3N3O2/c1-2-8(16)7-17-11(19)18-9-3-5-10(6-4-9)20-12(13,14)15/h3-6,8H,2,7,16H2,1H3,(H2,17,18,19). The van der Waals surface area contributed by atoms with Gasteiger partial charge in [0.25, 0.3) is 0 Å². The van der Waals surface area contributed by atoms with Gasteiger partial charge in [0, 0.05) is 18.3 Å². The number of hydrogen-bond acceptors (Lipinski definition) is 3. The molecule has 0 aliphatic heterocycles. The Morgan fingerprint density at radius 1 is 1.35 bits per heavy atom. The fourth-order valence-corrected chi connectivity index (χ4v) is 1.28. The Labute approximate surface area is 114 Å². The van der Waals surface area contributed by atoms with Crippen molar-refractivity contribution in [2.75, 3.05) is 11.9 Å². The summed E-state index contributed by atoms with van der Waals surface area (Å²) in [5, 5.41) is 5.02. The van der Waals surface area contributed by atoms with Crippen LogP contribution in [0.2, 0.25) is 0 Å². The van der Waals surface area contributed by atoms with E-state index in [9.17, 15) is 18.0 Å². The van der Waals surface area contributed by atoms with Gasteiger partial charge < -0.3 is 21.1 Å². The number of nitrogens with two attached hydrogens (primary N) is 1. The number of benzene rings is 1. The van der Waals surface area contributed by atoms with Crippen LogP contribution < -0.4 is 21.1 Å². The molecule has 112 valence electrons. The second-order valence-corrected chi connectivity index (χ2v) is 4.08. The van der Waals surface area contributed by atoms with Gasteiger partial charge in [0.2, 0.25) is 0 Å². The topological polar surface area (TPSA) is 76.4 Å². The number of urea groups is 1. The van der Waals surface area contributed by atoms with Crippen LogP contribution in [0.4, 0.5) is 23.7 Å². The molecule has 0 radical (unpaired) electrons. The second kappa shape index (κ2) is 6.99. The fraction of sp³-hybridized carbons (Fsp3) is 0.417. The lowest BCUT2D eigenvalue weighted by molar-refractivity contribution is -0.274. The molecule has 0 bridgehead atoms. The Hall–Kier alpha value is -1.96. The molecule has 0 aromatic heterocycles. The molecule has 0 aliphatic rings. The third kappa shape index (κ3) is 6.28. The van der Waals surface area contributed by atoms with Crippen molar-refractivity contribution < 1.29 is 22.7 Å². The van der Waals surface area contributed by atoms with Gasteiger partial charge in [-0.15, -0.1) is 13.2 Å². The predicted molar refractivity (Wildman–Crippen MR) is 68.4 cm³/mol. The number of amides is 2. The highest BCUT2D eigenvalue weighted by Gasteiger charge is 2.30. The molecular weight excluding hydrogens is 275 g/mol. The van der Waals surface area contributed by atoms with Crippen LogP contribution in [0.15, 0.2) is 24.3 Å². The molecule has 20 heavy (non-hydrogen) atoms. The summed E-state index contributed by atoms with van der Waals surface area (Å²) in [7, 11) is 0. The van der Waals surface area contributed by atoms with Crippen molar-refractivity contribution in [2.24, 2.45) is 5.73 Å². The number of anilines is 1. The molecular formula is C12H16F3N3O2. The lowest BCUT2D eigenvalue weighted by atomic mass is 10.2. The zero-order valence-electron chi connectivity index (χ0n) is 10.8. The van der Waals surface area contributed by atoms with Crippen LogP contribution in [0.25, 0.3) is 0 Å². The number of ether oxygens (including phenoxy) is 1. The van der Waals surface area contributed by atoms with Crippen molar-refractivity contribution in [3.05, 3.63) is 24.3 Å². The van der Waals surface area contributed by atoms with Crippen LogP contribution in [0, 0.1) is 0 Å². The zero-order valence-corrected chi connectivity index (χ0v) is 10.8. The van der Waals surface area contributed by atoms with E-state index in [2.05, 4.69) is 15.4 Å². The van der Waals surface area contributed by atoms with Crippen LogP contribution in [-0.2, 0) is 0 Å². The van der Waals surface area contributed by atoms with Crippen molar-refractivity contribution in [2.45, 2.75) is 25.7 Å². The molecule has 0 spiro atoms. The number of carbonyl (C=O) groups excluding carboxylic acids is 1. The van der Waals surface area contributed by atoms with Gasteiger partial charge in [0.1, 0.15) is 5.75 Å².